The van der Waals surface area contributed by atoms with E-state index in [1.54, 1.807) is 9.80 Å². The molecule has 3 aromatic carbocycles. The molecule has 0 saturated carbocycles. The second-order valence-corrected chi connectivity index (χ2v) is 9.00. The first-order valence-corrected chi connectivity index (χ1v) is 11.3. The van der Waals surface area contributed by atoms with E-state index >= 15 is 0 Å². The number of aryl methyl sites for hydroxylation is 1. The molecule has 1 aliphatic heterocycles. The minimum Gasteiger partial charge on any atom is -0.301 e. The Bertz CT molecular complexity index is 1190. The van der Waals surface area contributed by atoms with Crippen molar-refractivity contribution < 1.29 is 9.59 Å². The molecule has 0 bridgehead atoms. The number of halogens is 1. The molecule has 0 aromatic heterocycles. The fraction of sp³-hybridized carbons (Fsp3) is 0.185. The van der Waals surface area contributed by atoms with E-state index in [2.05, 4.69) is 15.9 Å². The molecule has 4 rings (SSSR count). The number of benzene rings is 3. The molecule has 162 valence electrons. The van der Waals surface area contributed by atoms with Gasteiger partial charge in [-0.15, -0.1) is 0 Å². The molecule has 0 spiro atoms. The number of carbonyl (C=O) groups is 2. The number of nitrogens with zero attached hydrogens (tertiary/aromatic N) is 2. The minimum atomic E-state index is -0.724. The van der Waals surface area contributed by atoms with Crippen LogP contribution in [0.15, 0.2) is 82.8 Å². The van der Waals surface area contributed by atoms with Gasteiger partial charge in [-0.1, -0.05) is 64.5 Å². The van der Waals surface area contributed by atoms with Crippen LogP contribution in [0.3, 0.4) is 0 Å². The van der Waals surface area contributed by atoms with Crippen LogP contribution >= 0.6 is 15.9 Å². The molecule has 0 unspecified atom stereocenters. The number of hydrogen-bond donors (Lipinski definition) is 0. The summed E-state index contributed by atoms with van der Waals surface area (Å²) in [5.74, 6) is -0.218. The lowest BCUT2D eigenvalue weighted by molar-refractivity contribution is -0.127. The van der Waals surface area contributed by atoms with Crippen molar-refractivity contribution in [1.82, 2.24) is 0 Å². The van der Waals surface area contributed by atoms with Crippen molar-refractivity contribution in [2.45, 2.75) is 26.8 Å². The van der Waals surface area contributed by atoms with Crippen LogP contribution in [0, 0.1) is 13.8 Å². The lowest BCUT2D eigenvalue weighted by Crippen LogP contribution is -2.61. The van der Waals surface area contributed by atoms with Crippen LogP contribution in [0.1, 0.15) is 23.6 Å². The Kier molecular flexibility index (Phi) is 6.28. The van der Waals surface area contributed by atoms with Gasteiger partial charge in [-0.3, -0.25) is 14.5 Å². The maximum Gasteiger partial charge on any atom is 0.254 e. The Morgan fingerprint density at radius 3 is 2.31 bits per heavy atom. The molecule has 4 nitrogen and oxygen atoms in total. The van der Waals surface area contributed by atoms with Gasteiger partial charge in [0.05, 0.1) is 0 Å². The summed E-state index contributed by atoms with van der Waals surface area (Å²) in [6.07, 6.45) is 1.98. The third-order valence-electron chi connectivity index (χ3n) is 5.92. The first-order chi connectivity index (χ1) is 15.4. The van der Waals surface area contributed by atoms with Crippen LogP contribution in [0.25, 0.3) is 6.08 Å². The van der Waals surface area contributed by atoms with Gasteiger partial charge in [0.25, 0.3) is 5.91 Å². The van der Waals surface area contributed by atoms with E-state index in [1.165, 1.54) is 0 Å². The first kappa shape index (κ1) is 22.0. The zero-order valence-electron chi connectivity index (χ0n) is 18.4. The van der Waals surface area contributed by atoms with Crippen molar-refractivity contribution in [3.05, 3.63) is 99.5 Å². The normalized spacial score (nSPS) is 17.1. The van der Waals surface area contributed by atoms with E-state index in [4.69, 9.17) is 0 Å². The SMILES string of the molecule is C/C(=C\c1ccccc1)[C@@H]1C(=O)N(c2cccc(C)c2C)CC(=O)N1c1ccc(Br)cc1. The van der Waals surface area contributed by atoms with Crippen LogP contribution in [-0.2, 0) is 9.59 Å². The molecule has 5 heteroatoms. The highest BCUT2D eigenvalue weighted by Crippen LogP contribution is 2.32. The maximum atomic E-state index is 13.9. The molecule has 1 fully saturated rings. The number of hydrogen-bond acceptors (Lipinski definition) is 2. The topological polar surface area (TPSA) is 40.6 Å². The number of rotatable bonds is 4. The molecule has 0 N–H and O–H groups in total. The van der Waals surface area contributed by atoms with Crippen molar-refractivity contribution in [2.24, 2.45) is 0 Å². The summed E-state index contributed by atoms with van der Waals surface area (Å²) >= 11 is 3.45. The fourth-order valence-corrected chi connectivity index (χ4v) is 4.37. The van der Waals surface area contributed by atoms with E-state index in [1.807, 2.05) is 99.6 Å². The van der Waals surface area contributed by atoms with Crippen LogP contribution in [0.2, 0.25) is 0 Å². The predicted octanol–water partition coefficient (Wildman–Crippen LogP) is 5.92. The fourth-order valence-electron chi connectivity index (χ4n) is 4.11. The maximum absolute atomic E-state index is 13.9. The van der Waals surface area contributed by atoms with Crippen molar-refractivity contribution in [2.75, 3.05) is 16.3 Å². The van der Waals surface area contributed by atoms with Crippen molar-refractivity contribution in [3.63, 3.8) is 0 Å². The van der Waals surface area contributed by atoms with Crippen molar-refractivity contribution in [3.8, 4) is 0 Å². The van der Waals surface area contributed by atoms with E-state index in [0.717, 1.165) is 32.4 Å². The van der Waals surface area contributed by atoms with E-state index in [9.17, 15) is 9.59 Å². The highest BCUT2D eigenvalue weighted by Gasteiger charge is 2.42. The average Bonchev–Trinajstić information content (AvgIpc) is 2.78. The van der Waals surface area contributed by atoms with Crippen LogP contribution in [-0.4, -0.2) is 24.4 Å². The summed E-state index contributed by atoms with van der Waals surface area (Å²) in [4.78, 5) is 30.6. The zero-order chi connectivity index (χ0) is 22.8. The standard InChI is InChI=1S/C27H25BrN2O2/c1-18-8-7-11-24(20(18)3)29-17-25(31)30(23-14-12-22(28)13-15-23)26(27(29)32)19(2)16-21-9-5-4-6-10-21/h4-16,26H,17H2,1-3H3/b19-16+/t26-/m1/s1. The summed E-state index contributed by atoms with van der Waals surface area (Å²) in [6.45, 7) is 5.93. The summed E-state index contributed by atoms with van der Waals surface area (Å²) in [5, 5.41) is 0. The summed E-state index contributed by atoms with van der Waals surface area (Å²) in [5.41, 5.74) is 5.40. The number of amides is 2. The molecule has 2 amide bonds. The third kappa shape index (κ3) is 4.26. The summed E-state index contributed by atoms with van der Waals surface area (Å²) in [6, 6.07) is 22.5. The van der Waals surface area contributed by atoms with E-state index in [-0.39, 0.29) is 18.4 Å². The van der Waals surface area contributed by atoms with Gasteiger partial charge in [0.15, 0.2) is 0 Å². The summed E-state index contributed by atoms with van der Waals surface area (Å²) in [7, 11) is 0. The predicted molar refractivity (Wildman–Crippen MR) is 134 cm³/mol. The molecule has 0 aliphatic carbocycles. The van der Waals surface area contributed by atoms with Gasteiger partial charge in [0, 0.05) is 15.8 Å². The lowest BCUT2D eigenvalue weighted by Gasteiger charge is -2.41. The second kappa shape index (κ2) is 9.13. The molecule has 1 atom stereocenters. The van der Waals surface area contributed by atoms with Gasteiger partial charge in [-0.25, -0.2) is 0 Å². The molecule has 0 radical (unpaired) electrons. The second-order valence-electron chi connectivity index (χ2n) is 8.09. The van der Waals surface area contributed by atoms with Crippen LogP contribution in [0.4, 0.5) is 11.4 Å². The molecule has 32 heavy (non-hydrogen) atoms. The first-order valence-electron chi connectivity index (χ1n) is 10.6. The molecular weight excluding hydrogens is 464 g/mol. The minimum absolute atomic E-state index is 0.00824. The van der Waals surface area contributed by atoms with Gasteiger partial charge in [-0.05, 0) is 73.4 Å². The highest BCUT2D eigenvalue weighted by atomic mass is 79.9. The highest BCUT2D eigenvalue weighted by molar-refractivity contribution is 9.10. The Morgan fingerprint density at radius 2 is 1.62 bits per heavy atom. The van der Waals surface area contributed by atoms with Crippen molar-refractivity contribution in [1.29, 1.82) is 0 Å². The number of carbonyl (C=O) groups excluding carboxylic acids is 2. The number of anilines is 2. The van der Waals surface area contributed by atoms with Gasteiger partial charge in [-0.2, -0.15) is 0 Å². The zero-order valence-corrected chi connectivity index (χ0v) is 20.0. The Balaban J connectivity index is 1.82. The molecule has 1 heterocycles. The van der Waals surface area contributed by atoms with Gasteiger partial charge < -0.3 is 4.90 Å². The quantitative estimate of drug-likeness (QED) is 0.457. The van der Waals surface area contributed by atoms with Gasteiger partial charge in [0.2, 0.25) is 5.91 Å². The largest absolute Gasteiger partial charge is 0.301 e. The molecule has 1 saturated heterocycles. The number of piperazine rings is 1. The lowest BCUT2D eigenvalue weighted by atomic mass is 9.97. The smallest absolute Gasteiger partial charge is 0.254 e. The Hall–Kier alpha value is -3.18. The monoisotopic (exact) mass is 488 g/mol. The van der Waals surface area contributed by atoms with Crippen LogP contribution < -0.4 is 9.80 Å². The third-order valence-corrected chi connectivity index (χ3v) is 6.45. The van der Waals surface area contributed by atoms with Gasteiger partial charge >= 0.3 is 0 Å². The van der Waals surface area contributed by atoms with E-state index < -0.39 is 6.04 Å². The Labute approximate surface area is 197 Å². The van der Waals surface area contributed by atoms with Gasteiger partial charge in [0.1, 0.15) is 12.6 Å². The Morgan fingerprint density at radius 1 is 0.938 bits per heavy atom. The molecule has 1 aliphatic rings. The average molecular weight is 489 g/mol. The van der Waals surface area contributed by atoms with E-state index in [0.29, 0.717) is 5.69 Å². The van der Waals surface area contributed by atoms with Crippen LogP contribution in [0.5, 0.6) is 0 Å². The summed E-state index contributed by atoms with van der Waals surface area (Å²) < 4.78 is 0.919. The molecular formula is C27H25BrN2O2. The molecule has 3 aromatic rings. The van der Waals surface area contributed by atoms with Crippen molar-refractivity contribution >= 4 is 45.2 Å².